The lowest BCUT2D eigenvalue weighted by Crippen LogP contribution is -2.53. The molecule has 1 amide bonds. The van der Waals surface area contributed by atoms with Gasteiger partial charge in [0.1, 0.15) is 5.75 Å². The van der Waals surface area contributed by atoms with Crippen LogP contribution in [0.5, 0.6) is 5.75 Å². The van der Waals surface area contributed by atoms with Crippen LogP contribution in [0.2, 0.25) is 0 Å². The summed E-state index contributed by atoms with van der Waals surface area (Å²) >= 11 is 0. The number of sulfonamides is 1. The SMILES string of the molecule is CC[C@@H](Oc1ccc(C)cc1C)C(=O)N1CCN(S(=O)(=O)c2ccc(C)cc2)CC1. The summed E-state index contributed by atoms with van der Waals surface area (Å²) < 4.78 is 33.2. The van der Waals surface area contributed by atoms with Crippen molar-refractivity contribution in [2.24, 2.45) is 0 Å². The summed E-state index contributed by atoms with van der Waals surface area (Å²) in [5.74, 6) is 0.617. The fourth-order valence-corrected chi connectivity index (χ4v) is 5.03. The Bertz CT molecular complexity index is 994. The van der Waals surface area contributed by atoms with E-state index in [1.54, 1.807) is 29.2 Å². The Hall–Kier alpha value is -2.38. The molecule has 1 aliphatic heterocycles. The van der Waals surface area contributed by atoms with E-state index in [4.69, 9.17) is 4.74 Å². The first kappa shape index (κ1) is 22.3. The van der Waals surface area contributed by atoms with Crippen molar-refractivity contribution in [1.82, 2.24) is 9.21 Å². The summed E-state index contributed by atoms with van der Waals surface area (Å²) in [5, 5.41) is 0. The van der Waals surface area contributed by atoms with Gasteiger partial charge in [-0.15, -0.1) is 0 Å². The second kappa shape index (κ2) is 9.18. The van der Waals surface area contributed by atoms with Crippen LogP contribution in [-0.2, 0) is 14.8 Å². The second-order valence-corrected chi connectivity index (χ2v) is 9.76. The Morgan fingerprint density at radius 3 is 2.13 bits per heavy atom. The van der Waals surface area contributed by atoms with Gasteiger partial charge in [-0.2, -0.15) is 4.31 Å². The Morgan fingerprint density at radius 2 is 1.57 bits per heavy atom. The first-order chi connectivity index (χ1) is 14.2. The van der Waals surface area contributed by atoms with Gasteiger partial charge < -0.3 is 9.64 Å². The summed E-state index contributed by atoms with van der Waals surface area (Å²) in [6, 6.07) is 12.7. The first-order valence-electron chi connectivity index (χ1n) is 10.3. The molecule has 0 bridgehead atoms. The molecule has 30 heavy (non-hydrogen) atoms. The Morgan fingerprint density at radius 1 is 0.967 bits per heavy atom. The zero-order valence-corrected chi connectivity index (χ0v) is 18.9. The molecule has 0 spiro atoms. The fraction of sp³-hybridized carbons (Fsp3) is 0.435. The van der Waals surface area contributed by atoms with Crippen LogP contribution < -0.4 is 4.74 Å². The molecular formula is C23H30N2O4S. The van der Waals surface area contributed by atoms with Crippen molar-refractivity contribution in [3.8, 4) is 5.75 Å². The van der Waals surface area contributed by atoms with Gasteiger partial charge in [-0.05, 0) is 51.0 Å². The van der Waals surface area contributed by atoms with E-state index in [0.29, 0.717) is 25.3 Å². The average Bonchev–Trinajstić information content (AvgIpc) is 2.73. The van der Waals surface area contributed by atoms with Crippen LogP contribution in [-0.4, -0.2) is 55.8 Å². The molecule has 0 radical (unpaired) electrons. The van der Waals surface area contributed by atoms with E-state index in [9.17, 15) is 13.2 Å². The molecule has 1 aliphatic rings. The number of piperazine rings is 1. The zero-order chi connectivity index (χ0) is 21.9. The topological polar surface area (TPSA) is 66.9 Å². The molecule has 0 N–H and O–H groups in total. The van der Waals surface area contributed by atoms with Gasteiger partial charge in [0.05, 0.1) is 4.90 Å². The van der Waals surface area contributed by atoms with Crippen molar-refractivity contribution in [2.45, 2.75) is 45.1 Å². The van der Waals surface area contributed by atoms with Crippen LogP contribution in [0.3, 0.4) is 0 Å². The number of amides is 1. The number of nitrogens with zero attached hydrogens (tertiary/aromatic N) is 2. The Labute approximate surface area is 179 Å². The molecule has 6 nitrogen and oxygen atoms in total. The molecule has 0 unspecified atom stereocenters. The van der Waals surface area contributed by atoms with Crippen molar-refractivity contribution in [2.75, 3.05) is 26.2 Å². The fourth-order valence-electron chi connectivity index (χ4n) is 3.60. The summed E-state index contributed by atoms with van der Waals surface area (Å²) in [4.78, 5) is 15.0. The second-order valence-electron chi connectivity index (χ2n) is 7.83. The summed E-state index contributed by atoms with van der Waals surface area (Å²) in [6.45, 7) is 9.10. The van der Waals surface area contributed by atoms with E-state index in [2.05, 4.69) is 0 Å². The van der Waals surface area contributed by atoms with E-state index >= 15 is 0 Å². The number of aryl methyl sites for hydroxylation is 3. The maximum atomic E-state index is 13.0. The van der Waals surface area contributed by atoms with Crippen molar-refractivity contribution >= 4 is 15.9 Å². The minimum Gasteiger partial charge on any atom is -0.480 e. The molecule has 1 heterocycles. The monoisotopic (exact) mass is 430 g/mol. The van der Waals surface area contributed by atoms with Gasteiger partial charge in [0.2, 0.25) is 10.0 Å². The third-order valence-corrected chi connectivity index (χ3v) is 7.37. The minimum atomic E-state index is -3.55. The molecule has 3 rings (SSSR count). The third kappa shape index (κ3) is 4.84. The number of ether oxygens (including phenoxy) is 1. The molecule has 2 aromatic rings. The molecule has 1 fully saturated rings. The van der Waals surface area contributed by atoms with Gasteiger partial charge in [0, 0.05) is 26.2 Å². The van der Waals surface area contributed by atoms with Gasteiger partial charge in [-0.1, -0.05) is 42.3 Å². The largest absolute Gasteiger partial charge is 0.480 e. The van der Waals surface area contributed by atoms with Gasteiger partial charge in [-0.3, -0.25) is 4.79 Å². The van der Waals surface area contributed by atoms with Gasteiger partial charge >= 0.3 is 0 Å². The Balaban J connectivity index is 1.64. The normalized spacial score (nSPS) is 16.3. The van der Waals surface area contributed by atoms with Crippen molar-refractivity contribution in [3.63, 3.8) is 0 Å². The maximum Gasteiger partial charge on any atom is 0.263 e. The first-order valence-corrected chi connectivity index (χ1v) is 11.8. The molecule has 0 aromatic heterocycles. The van der Waals surface area contributed by atoms with Crippen LogP contribution >= 0.6 is 0 Å². The molecule has 0 aliphatic carbocycles. The lowest BCUT2D eigenvalue weighted by Gasteiger charge is -2.35. The molecule has 2 aromatic carbocycles. The van der Waals surface area contributed by atoms with Crippen molar-refractivity contribution < 1.29 is 17.9 Å². The van der Waals surface area contributed by atoms with Gasteiger partial charge in [0.15, 0.2) is 6.10 Å². The quantitative estimate of drug-likeness (QED) is 0.705. The number of carbonyl (C=O) groups is 1. The highest BCUT2D eigenvalue weighted by molar-refractivity contribution is 7.89. The number of hydrogen-bond acceptors (Lipinski definition) is 4. The third-order valence-electron chi connectivity index (χ3n) is 5.45. The van der Waals surface area contributed by atoms with Crippen LogP contribution in [0, 0.1) is 20.8 Å². The van der Waals surface area contributed by atoms with E-state index < -0.39 is 16.1 Å². The predicted molar refractivity (Wildman–Crippen MR) is 117 cm³/mol. The highest BCUT2D eigenvalue weighted by Gasteiger charge is 2.32. The van der Waals surface area contributed by atoms with E-state index in [1.165, 1.54) is 4.31 Å². The molecule has 1 saturated heterocycles. The van der Waals surface area contributed by atoms with E-state index in [-0.39, 0.29) is 23.9 Å². The van der Waals surface area contributed by atoms with E-state index in [1.807, 2.05) is 45.9 Å². The lowest BCUT2D eigenvalue weighted by molar-refractivity contribution is -0.140. The van der Waals surface area contributed by atoms with Crippen LogP contribution in [0.15, 0.2) is 47.4 Å². The summed E-state index contributed by atoms with van der Waals surface area (Å²) in [7, 11) is -3.55. The zero-order valence-electron chi connectivity index (χ0n) is 18.1. The van der Waals surface area contributed by atoms with Crippen molar-refractivity contribution in [1.29, 1.82) is 0 Å². The van der Waals surface area contributed by atoms with Crippen molar-refractivity contribution in [3.05, 3.63) is 59.2 Å². The van der Waals surface area contributed by atoms with Gasteiger partial charge in [-0.25, -0.2) is 8.42 Å². The number of benzene rings is 2. The molecule has 7 heteroatoms. The minimum absolute atomic E-state index is 0.0927. The smallest absolute Gasteiger partial charge is 0.263 e. The maximum absolute atomic E-state index is 13.0. The highest BCUT2D eigenvalue weighted by atomic mass is 32.2. The standard InChI is InChI=1S/C23H30N2O4S/c1-5-21(29-22-11-8-18(3)16-19(22)4)23(26)24-12-14-25(15-13-24)30(27,28)20-9-6-17(2)7-10-20/h6-11,16,21H,5,12-15H2,1-4H3/t21-/m1/s1. The average molecular weight is 431 g/mol. The molecule has 1 atom stereocenters. The molecule has 162 valence electrons. The number of hydrogen-bond donors (Lipinski definition) is 0. The number of rotatable bonds is 6. The van der Waals surface area contributed by atoms with E-state index in [0.717, 1.165) is 16.7 Å². The van der Waals surface area contributed by atoms with Gasteiger partial charge in [0.25, 0.3) is 5.91 Å². The summed E-state index contributed by atoms with van der Waals surface area (Å²) in [6.07, 6.45) is -0.0275. The van der Waals surface area contributed by atoms with Crippen LogP contribution in [0.1, 0.15) is 30.0 Å². The highest BCUT2D eigenvalue weighted by Crippen LogP contribution is 2.23. The number of carbonyl (C=O) groups excluding carboxylic acids is 1. The van der Waals surface area contributed by atoms with Crippen LogP contribution in [0.4, 0.5) is 0 Å². The molecule has 0 saturated carbocycles. The summed E-state index contributed by atoms with van der Waals surface area (Å²) in [5.41, 5.74) is 3.15. The molecular weight excluding hydrogens is 400 g/mol. The predicted octanol–water partition coefficient (Wildman–Crippen LogP) is 3.30. The van der Waals surface area contributed by atoms with Crippen LogP contribution in [0.25, 0.3) is 0 Å². The lowest BCUT2D eigenvalue weighted by atomic mass is 10.1. The Kier molecular flexibility index (Phi) is 6.83.